The van der Waals surface area contributed by atoms with E-state index in [0.717, 1.165) is 11.3 Å². The van der Waals surface area contributed by atoms with E-state index in [4.69, 9.17) is 4.74 Å². The van der Waals surface area contributed by atoms with Crippen molar-refractivity contribution in [3.63, 3.8) is 0 Å². The van der Waals surface area contributed by atoms with Crippen LogP contribution in [0.3, 0.4) is 0 Å². The molecular weight excluding hydrogens is 400 g/mol. The largest absolute Gasteiger partial charge is 0.491 e. The van der Waals surface area contributed by atoms with Crippen molar-refractivity contribution in [3.8, 4) is 5.75 Å². The fourth-order valence-corrected chi connectivity index (χ4v) is 4.22. The van der Waals surface area contributed by atoms with Crippen molar-refractivity contribution < 1.29 is 17.9 Å². The Morgan fingerprint density at radius 1 is 0.900 bits per heavy atom. The molecule has 0 aromatic heterocycles. The Labute approximate surface area is 177 Å². The molecule has 0 saturated heterocycles. The zero-order chi connectivity index (χ0) is 21.6. The minimum absolute atomic E-state index is 0.0650. The SMILES string of the molecule is Cc1ccccc1OCCNC(=O)c1ccc(C)c(S(=O)(=O)Nc2ccccc2)c1. The summed E-state index contributed by atoms with van der Waals surface area (Å²) in [5.74, 6) is 0.405. The van der Waals surface area contributed by atoms with Gasteiger partial charge in [-0.05, 0) is 55.3 Å². The third-order valence-electron chi connectivity index (χ3n) is 4.50. The van der Waals surface area contributed by atoms with E-state index < -0.39 is 10.0 Å². The number of sulfonamides is 1. The number of benzene rings is 3. The summed E-state index contributed by atoms with van der Waals surface area (Å²) in [7, 11) is -3.82. The monoisotopic (exact) mass is 424 g/mol. The third-order valence-corrected chi connectivity index (χ3v) is 6.03. The van der Waals surface area contributed by atoms with Crippen LogP contribution in [0.5, 0.6) is 5.75 Å². The Morgan fingerprint density at radius 2 is 1.60 bits per heavy atom. The molecule has 0 bridgehead atoms. The Bertz CT molecular complexity index is 1130. The van der Waals surface area contributed by atoms with Gasteiger partial charge < -0.3 is 10.1 Å². The molecule has 0 saturated carbocycles. The van der Waals surface area contributed by atoms with Crippen LogP contribution in [-0.4, -0.2) is 27.5 Å². The minimum Gasteiger partial charge on any atom is -0.491 e. The lowest BCUT2D eigenvalue weighted by molar-refractivity contribution is 0.0946. The molecule has 30 heavy (non-hydrogen) atoms. The van der Waals surface area contributed by atoms with Gasteiger partial charge in [0.15, 0.2) is 0 Å². The van der Waals surface area contributed by atoms with Crippen LogP contribution >= 0.6 is 0 Å². The van der Waals surface area contributed by atoms with E-state index >= 15 is 0 Å². The van der Waals surface area contributed by atoms with E-state index in [1.54, 1.807) is 49.4 Å². The maximum absolute atomic E-state index is 12.8. The van der Waals surface area contributed by atoms with Gasteiger partial charge in [-0.15, -0.1) is 0 Å². The lowest BCUT2D eigenvalue weighted by atomic mass is 10.1. The average Bonchev–Trinajstić information content (AvgIpc) is 2.73. The highest BCUT2D eigenvalue weighted by Gasteiger charge is 2.19. The quantitative estimate of drug-likeness (QED) is 0.537. The number of hydrogen-bond acceptors (Lipinski definition) is 4. The number of ether oxygens (including phenoxy) is 1. The topological polar surface area (TPSA) is 84.5 Å². The van der Waals surface area contributed by atoms with E-state index in [1.165, 1.54) is 6.07 Å². The molecule has 156 valence electrons. The van der Waals surface area contributed by atoms with Gasteiger partial charge in [0, 0.05) is 11.3 Å². The highest BCUT2D eigenvalue weighted by Crippen LogP contribution is 2.21. The first kappa shape index (κ1) is 21.4. The zero-order valence-electron chi connectivity index (χ0n) is 16.9. The molecule has 6 nitrogen and oxygen atoms in total. The van der Waals surface area contributed by atoms with E-state index in [0.29, 0.717) is 24.4 Å². The molecule has 1 amide bonds. The van der Waals surface area contributed by atoms with Gasteiger partial charge in [-0.25, -0.2) is 8.42 Å². The first-order valence-electron chi connectivity index (χ1n) is 9.52. The van der Waals surface area contributed by atoms with E-state index in [2.05, 4.69) is 10.0 Å². The smallest absolute Gasteiger partial charge is 0.262 e. The van der Waals surface area contributed by atoms with Crippen LogP contribution < -0.4 is 14.8 Å². The number of carbonyl (C=O) groups is 1. The third kappa shape index (κ3) is 5.39. The van der Waals surface area contributed by atoms with Gasteiger partial charge in [-0.2, -0.15) is 0 Å². The molecule has 3 aromatic carbocycles. The lowest BCUT2D eigenvalue weighted by Crippen LogP contribution is -2.28. The maximum Gasteiger partial charge on any atom is 0.262 e. The predicted octanol–water partition coefficient (Wildman–Crippen LogP) is 3.91. The van der Waals surface area contributed by atoms with Crippen molar-refractivity contribution in [2.75, 3.05) is 17.9 Å². The second-order valence-corrected chi connectivity index (χ2v) is 8.47. The summed E-state index contributed by atoms with van der Waals surface area (Å²) in [4.78, 5) is 12.6. The van der Waals surface area contributed by atoms with Crippen molar-refractivity contribution in [3.05, 3.63) is 89.5 Å². The zero-order valence-corrected chi connectivity index (χ0v) is 17.7. The van der Waals surface area contributed by atoms with Crippen LogP contribution in [-0.2, 0) is 10.0 Å². The molecular formula is C23H24N2O4S. The number of para-hydroxylation sites is 2. The summed E-state index contributed by atoms with van der Waals surface area (Å²) in [5.41, 5.74) is 2.30. The highest BCUT2D eigenvalue weighted by atomic mass is 32.2. The average molecular weight is 425 g/mol. The summed E-state index contributed by atoms with van der Waals surface area (Å²) in [6.45, 7) is 4.25. The van der Waals surface area contributed by atoms with Gasteiger partial charge in [0.2, 0.25) is 0 Å². The van der Waals surface area contributed by atoms with Gasteiger partial charge in [0.05, 0.1) is 11.4 Å². The standard InChI is InChI=1S/C23H24N2O4S/c1-17-8-6-7-11-21(17)29-15-14-24-23(26)19-13-12-18(2)22(16-19)30(27,28)25-20-9-4-3-5-10-20/h3-13,16,25H,14-15H2,1-2H3,(H,24,26). The molecule has 0 spiro atoms. The van der Waals surface area contributed by atoms with Crippen LogP contribution in [0.25, 0.3) is 0 Å². The van der Waals surface area contributed by atoms with Gasteiger partial charge in [-0.1, -0.05) is 42.5 Å². The van der Waals surface area contributed by atoms with E-state index in [1.807, 2.05) is 31.2 Å². The number of aryl methyl sites for hydroxylation is 2. The van der Waals surface area contributed by atoms with Crippen molar-refractivity contribution in [2.24, 2.45) is 0 Å². The van der Waals surface area contributed by atoms with E-state index in [9.17, 15) is 13.2 Å². The van der Waals surface area contributed by atoms with Gasteiger partial charge in [0.1, 0.15) is 12.4 Å². The molecule has 0 radical (unpaired) electrons. The number of hydrogen-bond donors (Lipinski definition) is 2. The van der Waals surface area contributed by atoms with Crippen molar-refractivity contribution in [2.45, 2.75) is 18.7 Å². The fraction of sp³-hybridized carbons (Fsp3) is 0.174. The molecule has 0 aliphatic rings. The summed E-state index contributed by atoms with van der Waals surface area (Å²) in [6.07, 6.45) is 0. The Hall–Kier alpha value is -3.32. The van der Waals surface area contributed by atoms with E-state index in [-0.39, 0.29) is 16.4 Å². The summed E-state index contributed by atoms with van der Waals surface area (Å²) in [6, 6.07) is 20.9. The van der Waals surface area contributed by atoms with Crippen LogP contribution in [0.4, 0.5) is 5.69 Å². The Kier molecular flexibility index (Phi) is 6.74. The number of amides is 1. The molecule has 0 aliphatic carbocycles. The maximum atomic E-state index is 12.8. The molecule has 3 aromatic rings. The molecule has 0 fully saturated rings. The summed E-state index contributed by atoms with van der Waals surface area (Å²) < 4.78 is 33.8. The fourth-order valence-electron chi connectivity index (χ4n) is 2.89. The summed E-state index contributed by atoms with van der Waals surface area (Å²) >= 11 is 0. The number of rotatable bonds is 8. The minimum atomic E-state index is -3.82. The van der Waals surface area contributed by atoms with Gasteiger partial charge in [0.25, 0.3) is 15.9 Å². The summed E-state index contributed by atoms with van der Waals surface area (Å²) in [5, 5.41) is 2.76. The molecule has 2 N–H and O–H groups in total. The molecule has 0 heterocycles. The van der Waals surface area contributed by atoms with Gasteiger partial charge in [-0.3, -0.25) is 9.52 Å². The van der Waals surface area contributed by atoms with Crippen LogP contribution in [0.1, 0.15) is 21.5 Å². The van der Waals surface area contributed by atoms with Crippen LogP contribution in [0.2, 0.25) is 0 Å². The van der Waals surface area contributed by atoms with Crippen molar-refractivity contribution >= 4 is 21.6 Å². The first-order valence-corrected chi connectivity index (χ1v) is 11.0. The highest BCUT2D eigenvalue weighted by molar-refractivity contribution is 7.92. The Balaban J connectivity index is 1.65. The number of carbonyl (C=O) groups excluding carboxylic acids is 1. The number of nitrogens with one attached hydrogen (secondary N) is 2. The number of anilines is 1. The Morgan fingerprint density at radius 3 is 2.33 bits per heavy atom. The molecule has 0 atom stereocenters. The first-order chi connectivity index (χ1) is 14.4. The lowest BCUT2D eigenvalue weighted by Gasteiger charge is -2.13. The van der Waals surface area contributed by atoms with Crippen molar-refractivity contribution in [1.29, 1.82) is 0 Å². The van der Waals surface area contributed by atoms with Gasteiger partial charge >= 0.3 is 0 Å². The second-order valence-electron chi connectivity index (χ2n) is 6.82. The van der Waals surface area contributed by atoms with Crippen molar-refractivity contribution in [1.82, 2.24) is 5.32 Å². The molecule has 7 heteroatoms. The van der Waals surface area contributed by atoms with Crippen LogP contribution in [0, 0.1) is 13.8 Å². The second kappa shape index (κ2) is 9.45. The molecule has 0 aliphatic heterocycles. The molecule has 3 rings (SSSR count). The predicted molar refractivity (Wildman–Crippen MR) is 117 cm³/mol. The molecule has 0 unspecified atom stereocenters. The van der Waals surface area contributed by atoms with Crippen LogP contribution in [0.15, 0.2) is 77.7 Å². The normalized spacial score (nSPS) is 11.0.